The highest BCUT2D eigenvalue weighted by atomic mass is 16.5. The molecule has 0 radical (unpaired) electrons. The number of benzene rings is 2. The van der Waals surface area contributed by atoms with Gasteiger partial charge in [0, 0.05) is 31.2 Å². The zero-order valence-corrected chi connectivity index (χ0v) is 22.1. The number of piperazine rings is 1. The SMILES string of the molecule is COC(=O)C(Cc1ccc(OC)cc1)NC(=O)C1CN(C(=O)Nc2ccccc2)CCN1C(=O)NC(C)C. The summed E-state index contributed by atoms with van der Waals surface area (Å²) in [5, 5.41) is 8.35. The van der Waals surface area contributed by atoms with Crippen LogP contribution in [0.4, 0.5) is 15.3 Å². The van der Waals surface area contributed by atoms with Gasteiger partial charge in [0.1, 0.15) is 17.8 Å². The number of rotatable bonds is 8. The first-order valence-corrected chi connectivity index (χ1v) is 12.4. The first-order chi connectivity index (χ1) is 18.2. The van der Waals surface area contributed by atoms with E-state index in [1.54, 1.807) is 55.6 Å². The molecule has 11 heteroatoms. The molecule has 1 saturated heterocycles. The molecule has 0 aliphatic carbocycles. The maximum absolute atomic E-state index is 13.5. The van der Waals surface area contributed by atoms with Gasteiger partial charge < -0.3 is 35.2 Å². The molecule has 0 saturated carbocycles. The molecular weight excluding hydrogens is 490 g/mol. The Balaban J connectivity index is 1.78. The van der Waals surface area contributed by atoms with Gasteiger partial charge in [0.05, 0.1) is 20.8 Å². The van der Waals surface area contributed by atoms with E-state index in [0.717, 1.165) is 5.56 Å². The number of nitrogens with one attached hydrogen (secondary N) is 3. The Morgan fingerprint density at radius 3 is 2.21 bits per heavy atom. The molecule has 0 aromatic heterocycles. The van der Waals surface area contributed by atoms with Crippen molar-refractivity contribution >= 4 is 29.6 Å². The van der Waals surface area contributed by atoms with E-state index in [-0.39, 0.29) is 38.1 Å². The van der Waals surface area contributed by atoms with Crippen LogP contribution in [0.3, 0.4) is 0 Å². The van der Waals surface area contributed by atoms with E-state index in [1.807, 2.05) is 19.9 Å². The van der Waals surface area contributed by atoms with E-state index in [0.29, 0.717) is 11.4 Å². The maximum atomic E-state index is 13.5. The molecule has 0 spiro atoms. The Morgan fingerprint density at radius 2 is 1.61 bits per heavy atom. The van der Waals surface area contributed by atoms with Crippen molar-refractivity contribution in [1.82, 2.24) is 20.4 Å². The minimum atomic E-state index is -1.02. The molecular formula is C27H35N5O6. The monoisotopic (exact) mass is 525 g/mol. The smallest absolute Gasteiger partial charge is 0.328 e. The number of carbonyl (C=O) groups is 4. The average molecular weight is 526 g/mol. The summed E-state index contributed by atoms with van der Waals surface area (Å²) in [7, 11) is 2.80. The first kappa shape index (κ1) is 28.3. The van der Waals surface area contributed by atoms with E-state index < -0.39 is 30.0 Å². The van der Waals surface area contributed by atoms with E-state index >= 15 is 0 Å². The van der Waals surface area contributed by atoms with Crippen molar-refractivity contribution in [3.8, 4) is 5.75 Å². The van der Waals surface area contributed by atoms with Crippen molar-refractivity contribution in [3.05, 3.63) is 60.2 Å². The summed E-state index contributed by atoms with van der Waals surface area (Å²) >= 11 is 0. The van der Waals surface area contributed by atoms with Crippen LogP contribution in [0.5, 0.6) is 5.75 Å². The van der Waals surface area contributed by atoms with Gasteiger partial charge in [0.2, 0.25) is 5.91 Å². The quantitative estimate of drug-likeness (QED) is 0.454. The van der Waals surface area contributed by atoms with Gasteiger partial charge in [-0.2, -0.15) is 0 Å². The van der Waals surface area contributed by atoms with Crippen molar-refractivity contribution in [1.29, 1.82) is 0 Å². The fourth-order valence-electron chi connectivity index (χ4n) is 4.09. The van der Waals surface area contributed by atoms with Gasteiger partial charge in [-0.1, -0.05) is 30.3 Å². The van der Waals surface area contributed by atoms with Gasteiger partial charge in [0.25, 0.3) is 0 Å². The summed E-state index contributed by atoms with van der Waals surface area (Å²) in [6.45, 7) is 3.96. The van der Waals surface area contributed by atoms with Gasteiger partial charge in [-0.15, -0.1) is 0 Å². The number of amides is 5. The van der Waals surface area contributed by atoms with Gasteiger partial charge >= 0.3 is 18.0 Å². The molecule has 0 bridgehead atoms. The second-order valence-electron chi connectivity index (χ2n) is 9.19. The highest BCUT2D eigenvalue weighted by Gasteiger charge is 2.38. The van der Waals surface area contributed by atoms with Crippen LogP contribution >= 0.6 is 0 Å². The summed E-state index contributed by atoms with van der Waals surface area (Å²) in [4.78, 5) is 54.8. The molecule has 5 amide bonds. The topological polar surface area (TPSA) is 129 Å². The number of hydrogen-bond acceptors (Lipinski definition) is 6. The predicted molar refractivity (Wildman–Crippen MR) is 142 cm³/mol. The van der Waals surface area contributed by atoms with Crippen LogP contribution in [0.15, 0.2) is 54.6 Å². The van der Waals surface area contributed by atoms with Crippen molar-refractivity contribution in [2.24, 2.45) is 0 Å². The molecule has 2 aromatic rings. The normalized spacial score (nSPS) is 15.9. The molecule has 2 atom stereocenters. The number of carbonyl (C=O) groups excluding carboxylic acids is 4. The largest absolute Gasteiger partial charge is 0.497 e. The van der Waals surface area contributed by atoms with Gasteiger partial charge in [-0.25, -0.2) is 14.4 Å². The standard InChI is InChI=1S/C27H35N5O6/c1-18(2)28-27(36)32-15-14-31(26(35)29-20-8-6-5-7-9-20)17-23(32)24(33)30-22(25(34)38-4)16-19-10-12-21(37-3)13-11-19/h5-13,18,22-23H,14-17H2,1-4H3,(H,28,36)(H,29,35)(H,30,33). The lowest BCUT2D eigenvalue weighted by Crippen LogP contribution is -2.65. The molecule has 11 nitrogen and oxygen atoms in total. The Labute approximate surface area is 222 Å². The Morgan fingerprint density at radius 1 is 0.921 bits per heavy atom. The van der Waals surface area contributed by atoms with Crippen molar-refractivity contribution in [3.63, 3.8) is 0 Å². The van der Waals surface area contributed by atoms with E-state index in [1.165, 1.54) is 16.9 Å². The zero-order chi connectivity index (χ0) is 27.7. The number of methoxy groups -OCH3 is 2. The molecule has 2 aromatic carbocycles. The first-order valence-electron chi connectivity index (χ1n) is 12.4. The molecule has 1 aliphatic heterocycles. The molecule has 1 heterocycles. The lowest BCUT2D eigenvalue weighted by molar-refractivity contribution is -0.145. The predicted octanol–water partition coefficient (Wildman–Crippen LogP) is 2.23. The number of hydrogen-bond donors (Lipinski definition) is 3. The lowest BCUT2D eigenvalue weighted by atomic mass is 10.0. The number of esters is 1. The van der Waals surface area contributed by atoms with Crippen LogP contribution < -0.4 is 20.7 Å². The Hall–Kier alpha value is -4.28. The number of nitrogens with zero attached hydrogens (tertiary/aromatic N) is 2. The number of ether oxygens (including phenoxy) is 2. The average Bonchev–Trinajstić information content (AvgIpc) is 2.92. The Kier molecular flexibility index (Phi) is 9.92. The summed E-state index contributed by atoms with van der Waals surface area (Å²) in [6.07, 6.45) is 0.172. The van der Waals surface area contributed by atoms with Crippen molar-refractivity contribution in [2.75, 3.05) is 39.2 Å². The molecule has 2 unspecified atom stereocenters. The minimum Gasteiger partial charge on any atom is -0.497 e. The van der Waals surface area contributed by atoms with Gasteiger partial charge in [0.15, 0.2) is 0 Å². The second-order valence-corrected chi connectivity index (χ2v) is 9.19. The minimum absolute atomic E-state index is 0.0492. The van der Waals surface area contributed by atoms with E-state index in [2.05, 4.69) is 16.0 Å². The zero-order valence-electron chi connectivity index (χ0n) is 22.1. The molecule has 1 fully saturated rings. The number of anilines is 1. The number of urea groups is 2. The van der Waals surface area contributed by atoms with Crippen LogP contribution in [0.1, 0.15) is 19.4 Å². The van der Waals surface area contributed by atoms with Gasteiger partial charge in [-0.3, -0.25) is 4.79 Å². The summed E-state index contributed by atoms with van der Waals surface area (Å²) in [5.74, 6) is -0.526. The van der Waals surface area contributed by atoms with Crippen LogP contribution in [0.2, 0.25) is 0 Å². The summed E-state index contributed by atoms with van der Waals surface area (Å²) in [6, 6.07) is 13.1. The molecule has 1 aliphatic rings. The third kappa shape index (κ3) is 7.61. The third-order valence-electron chi connectivity index (χ3n) is 6.07. The molecule has 38 heavy (non-hydrogen) atoms. The van der Waals surface area contributed by atoms with Crippen LogP contribution in [-0.2, 0) is 20.7 Å². The highest BCUT2D eigenvalue weighted by Crippen LogP contribution is 2.16. The third-order valence-corrected chi connectivity index (χ3v) is 6.07. The van der Waals surface area contributed by atoms with Crippen molar-refractivity contribution in [2.45, 2.75) is 38.4 Å². The number of para-hydroxylation sites is 1. The molecule has 204 valence electrons. The summed E-state index contributed by atoms with van der Waals surface area (Å²) < 4.78 is 10.1. The Bertz CT molecular complexity index is 1110. The second kappa shape index (κ2) is 13.3. The highest BCUT2D eigenvalue weighted by molar-refractivity contribution is 5.93. The van der Waals surface area contributed by atoms with E-state index in [9.17, 15) is 19.2 Å². The molecule has 3 N–H and O–H groups in total. The van der Waals surface area contributed by atoms with Crippen molar-refractivity contribution < 1.29 is 28.7 Å². The van der Waals surface area contributed by atoms with Gasteiger partial charge in [-0.05, 0) is 43.7 Å². The lowest BCUT2D eigenvalue weighted by Gasteiger charge is -2.41. The molecule has 3 rings (SSSR count). The fourth-order valence-corrected chi connectivity index (χ4v) is 4.09. The fraction of sp³-hybridized carbons (Fsp3) is 0.407. The maximum Gasteiger partial charge on any atom is 0.328 e. The van der Waals surface area contributed by atoms with Crippen LogP contribution in [0.25, 0.3) is 0 Å². The van der Waals surface area contributed by atoms with Crippen LogP contribution in [-0.4, -0.2) is 85.7 Å². The summed E-state index contributed by atoms with van der Waals surface area (Å²) in [5.41, 5.74) is 1.40. The van der Waals surface area contributed by atoms with Crippen LogP contribution in [0, 0.1) is 0 Å². The van der Waals surface area contributed by atoms with E-state index in [4.69, 9.17) is 9.47 Å².